The summed E-state index contributed by atoms with van der Waals surface area (Å²) in [4.78, 5) is 16.6. The molecule has 2 heterocycles. The predicted molar refractivity (Wildman–Crippen MR) is 87.7 cm³/mol. The van der Waals surface area contributed by atoms with Gasteiger partial charge in [0.1, 0.15) is 23.8 Å². The van der Waals surface area contributed by atoms with Crippen LogP contribution < -0.4 is 4.74 Å². The highest BCUT2D eigenvalue weighted by Gasteiger charge is 2.33. The van der Waals surface area contributed by atoms with Crippen molar-refractivity contribution >= 4 is 5.97 Å². The van der Waals surface area contributed by atoms with Crippen LogP contribution in [0.1, 0.15) is 11.3 Å². The molecule has 1 aromatic heterocycles. The van der Waals surface area contributed by atoms with Crippen LogP contribution in [0.25, 0.3) is 0 Å². The van der Waals surface area contributed by atoms with Gasteiger partial charge < -0.3 is 14.9 Å². The Hall–Kier alpha value is -2.51. The minimum absolute atomic E-state index is 0.0459. The Morgan fingerprint density at radius 1 is 1.28 bits per heavy atom. The molecule has 0 unspecified atom stereocenters. The van der Waals surface area contributed by atoms with Gasteiger partial charge in [-0.1, -0.05) is 12.1 Å². The average Bonchev–Trinajstić information content (AvgIpc) is 2.90. The van der Waals surface area contributed by atoms with E-state index in [1.54, 1.807) is 24.3 Å². The van der Waals surface area contributed by atoms with Crippen molar-refractivity contribution in [3.8, 4) is 5.75 Å². The molecule has 2 N–H and O–H groups in total. The van der Waals surface area contributed by atoms with Gasteiger partial charge in [-0.25, -0.2) is 4.39 Å². The highest BCUT2D eigenvalue weighted by Crippen LogP contribution is 2.21. The number of carbonyl (C=O) groups is 1. The second-order valence-electron chi connectivity index (χ2n) is 6.06. The van der Waals surface area contributed by atoms with Crippen LogP contribution in [-0.2, 0) is 17.8 Å². The van der Waals surface area contributed by atoms with Gasteiger partial charge in [-0.2, -0.15) is 0 Å². The van der Waals surface area contributed by atoms with Gasteiger partial charge in [0.2, 0.25) is 0 Å². The maximum absolute atomic E-state index is 13.7. The molecule has 0 aliphatic carbocycles. The fourth-order valence-corrected chi connectivity index (χ4v) is 2.86. The van der Waals surface area contributed by atoms with Gasteiger partial charge in [0, 0.05) is 25.8 Å². The second kappa shape index (κ2) is 7.58. The molecule has 7 heteroatoms. The summed E-state index contributed by atoms with van der Waals surface area (Å²) in [5.74, 6) is -0.697. The fourth-order valence-electron chi connectivity index (χ4n) is 2.86. The maximum Gasteiger partial charge on any atom is 0.307 e. The molecule has 1 aromatic carbocycles. The van der Waals surface area contributed by atoms with Crippen molar-refractivity contribution in [2.24, 2.45) is 0 Å². The van der Waals surface area contributed by atoms with E-state index in [2.05, 4.69) is 4.98 Å². The molecule has 0 amide bonds. The van der Waals surface area contributed by atoms with Crippen LogP contribution in [0.3, 0.4) is 0 Å². The lowest BCUT2D eigenvalue weighted by Gasteiger charge is -2.17. The summed E-state index contributed by atoms with van der Waals surface area (Å²) in [6.07, 6.45) is 0.371. The number of halogens is 1. The fraction of sp³-hybridized carbons (Fsp3) is 0.333. The molecule has 0 spiro atoms. The third-order valence-electron chi connectivity index (χ3n) is 4.09. The largest absolute Gasteiger partial charge is 0.486 e. The summed E-state index contributed by atoms with van der Waals surface area (Å²) in [7, 11) is 0. The number of ether oxygens (including phenoxy) is 1. The van der Waals surface area contributed by atoms with Crippen molar-refractivity contribution < 1.29 is 24.1 Å². The summed E-state index contributed by atoms with van der Waals surface area (Å²) in [6, 6.07) is 9.65. The van der Waals surface area contributed by atoms with E-state index in [1.165, 1.54) is 18.3 Å². The standard InChI is InChI=1S/C18H19FN2O4/c19-14-2-1-7-20-15(14)9-21-10-16(22)17(11-21)25-13-5-3-12(4-6-13)8-18(23)24/h1-7,16-17,22H,8-11H2,(H,23,24)/t16-,17-/m1/s1. The summed E-state index contributed by atoms with van der Waals surface area (Å²) in [6.45, 7) is 1.13. The highest BCUT2D eigenvalue weighted by atomic mass is 19.1. The van der Waals surface area contributed by atoms with Gasteiger partial charge in [-0.3, -0.25) is 14.7 Å². The van der Waals surface area contributed by atoms with Crippen molar-refractivity contribution in [3.63, 3.8) is 0 Å². The van der Waals surface area contributed by atoms with E-state index >= 15 is 0 Å². The van der Waals surface area contributed by atoms with Crippen molar-refractivity contribution in [2.75, 3.05) is 13.1 Å². The highest BCUT2D eigenvalue weighted by molar-refractivity contribution is 5.70. The van der Waals surface area contributed by atoms with Crippen LogP contribution in [0.4, 0.5) is 4.39 Å². The van der Waals surface area contributed by atoms with E-state index in [1.807, 2.05) is 4.90 Å². The molecule has 2 atom stereocenters. The number of rotatable bonds is 6. The predicted octanol–water partition coefficient (Wildman–Crippen LogP) is 1.47. The number of nitrogens with zero attached hydrogens (tertiary/aromatic N) is 2. The molecule has 0 bridgehead atoms. The van der Waals surface area contributed by atoms with Crippen LogP contribution in [0.15, 0.2) is 42.6 Å². The normalized spacial score (nSPS) is 20.6. The Balaban J connectivity index is 1.58. The first-order valence-electron chi connectivity index (χ1n) is 7.98. The molecule has 132 valence electrons. The zero-order chi connectivity index (χ0) is 17.8. The van der Waals surface area contributed by atoms with Gasteiger partial charge in [0.05, 0.1) is 12.1 Å². The van der Waals surface area contributed by atoms with E-state index in [0.29, 0.717) is 36.6 Å². The first-order valence-corrected chi connectivity index (χ1v) is 7.98. The van der Waals surface area contributed by atoms with E-state index in [9.17, 15) is 14.3 Å². The first kappa shape index (κ1) is 17.3. The van der Waals surface area contributed by atoms with Crippen molar-refractivity contribution in [1.82, 2.24) is 9.88 Å². The van der Waals surface area contributed by atoms with Crippen LogP contribution in [0, 0.1) is 5.82 Å². The summed E-state index contributed by atoms with van der Waals surface area (Å²) >= 11 is 0. The number of aromatic nitrogens is 1. The van der Waals surface area contributed by atoms with Gasteiger partial charge in [-0.15, -0.1) is 0 Å². The molecule has 1 aliphatic rings. The molecule has 2 aromatic rings. The molecular formula is C18H19FN2O4. The number of carboxylic acid groups (broad SMARTS) is 1. The van der Waals surface area contributed by atoms with Crippen LogP contribution in [0.5, 0.6) is 5.75 Å². The van der Waals surface area contributed by atoms with E-state index < -0.39 is 18.2 Å². The Morgan fingerprint density at radius 3 is 2.72 bits per heavy atom. The van der Waals surface area contributed by atoms with Gasteiger partial charge in [-0.05, 0) is 29.8 Å². The number of β-amino-alcohol motifs (C(OH)–C–C–N with tert-alkyl or cyclic N) is 1. The Labute approximate surface area is 144 Å². The number of pyridine rings is 1. The molecule has 3 rings (SSSR count). The molecule has 0 radical (unpaired) electrons. The number of likely N-dealkylation sites (tertiary alicyclic amines) is 1. The molecule has 1 fully saturated rings. The summed E-state index contributed by atoms with van der Waals surface area (Å²) in [5, 5.41) is 19.0. The third-order valence-corrected chi connectivity index (χ3v) is 4.09. The van der Waals surface area contributed by atoms with E-state index in [-0.39, 0.29) is 12.2 Å². The number of aliphatic hydroxyl groups is 1. The molecular weight excluding hydrogens is 327 g/mol. The van der Waals surface area contributed by atoms with Crippen molar-refractivity contribution in [2.45, 2.75) is 25.2 Å². The Kier molecular flexibility index (Phi) is 5.25. The van der Waals surface area contributed by atoms with Crippen LogP contribution in [0.2, 0.25) is 0 Å². The number of hydrogen-bond donors (Lipinski definition) is 2. The van der Waals surface area contributed by atoms with Crippen LogP contribution in [-0.4, -0.2) is 51.4 Å². The van der Waals surface area contributed by atoms with Crippen molar-refractivity contribution in [3.05, 3.63) is 59.7 Å². The summed E-state index contributed by atoms with van der Waals surface area (Å²) in [5.41, 5.74) is 1.02. The minimum Gasteiger partial charge on any atom is -0.486 e. The van der Waals surface area contributed by atoms with Crippen molar-refractivity contribution in [1.29, 1.82) is 0 Å². The van der Waals surface area contributed by atoms with Gasteiger partial charge >= 0.3 is 5.97 Å². The van der Waals surface area contributed by atoms with E-state index in [0.717, 1.165) is 0 Å². The average molecular weight is 346 g/mol. The lowest BCUT2D eigenvalue weighted by atomic mass is 10.1. The smallest absolute Gasteiger partial charge is 0.307 e. The summed E-state index contributed by atoms with van der Waals surface area (Å²) < 4.78 is 19.5. The molecule has 1 aliphatic heterocycles. The van der Waals surface area contributed by atoms with Gasteiger partial charge in [0.25, 0.3) is 0 Å². The lowest BCUT2D eigenvalue weighted by Crippen LogP contribution is -2.29. The third kappa shape index (κ3) is 4.52. The van der Waals surface area contributed by atoms with Gasteiger partial charge in [0.15, 0.2) is 0 Å². The number of benzene rings is 1. The zero-order valence-corrected chi connectivity index (χ0v) is 13.5. The minimum atomic E-state index is -0.891. The zero-order valence-electron chi connectivity index (χ0n) is 13.5. The lowest BCUT2D eigenvalue weighted by molar-refractivity contribution is -0.136. The SMILES string of the molecule is O=C(O)Cc1ccc(O[C@@H]2CN(Cc3ncccc3F)C[C@H]2O)cc1. The second-order valence-corrected chi connectivity index (χ2v) is 6.06. The molecule has 0 saturated carbocycles. The Morgan fingerprint density at radius 2 is 2.04 bits per heavy atom. The molecule has 6 nitrogen and oxygen atoms in total. The molecule has 1 saturated heterocycles. The van der Waals surface area contributed by atoms with E-state index in [4.69, 9.17) is 9.84 Å². The quantitative estimate of drug-likeness (QED) is 0.824. The van der Waals surface area contributed by atoms with Crippen LogP contribution >= 0.6 is 0 Å². The number of aliphatic carboxylic acids is 1. The number of aliphatic hydroxyl groups excluding tert-OH is 1. The number of carboxylic acids is 1. The molecule has 25 heavy (non-hydrogen) atoms. The topological polar surface area (TPSA) is 82.9 Å². The number of hydrogen-bond acceptors (Lipinski definition) is 5. The first-order chi connectivity index (χ1) is 12.0. The Bertz CT molecular complexity index is 738. The maximum atomic E-state index is 13.7. The monoisotopic (exact) mass is 346 g/mol.